The van der Waals surface area contributed by atoms with E-state index >= 15 is 0 Å². The quantitative estimate of drug-likeness (QED) is 0.686. The summed E-state index contributed by atoms with van der Waals surface area (Å²) in [4.78, 5) is 45.5. The van der Waals surface area contributed by atoms with Crippen LogP contribution in [-0.2, 0) is 4.79 Å². The summed E-state index contributed by atoms with van der Waals surface area (Å²) in [7, 11) is 0. The Kier molecular flexibility index (Phi) is 3.89. The number of hydrogen-bond acceptors (Lipinski definition) is 4. The van der Waals surface area contributed by atoms with Crippen LogP contribution < -0.4 is 0 Å². The monoisotopic (exact) mass is 393 g/mol. The second kappa shape index (κ2) is 6.39. The SMILES string of the molecule is O=C1c2ccccc2C(=O)N1C1CC[C@@H]2[C@H]3CCCN4CCC[C@H](CN2C1=O)[C@@H]34. The van der Waals surface area contributed by atoms with Crippen LogP contribution in [0.15, 0.2) is 24.3 Å². The van der Waals surface area contributed by atoms with Gasteiger partial charge in [0.05, 0.1) is 11.1 Å². The molecular weight excluding hydrogens is 366 g/mol. The molecule has 0 aliphatic carbocycles. The van der Waals surface area contributed by atoms with Crippen LogP contribution in [0.4, 0.5) is 0 Å². The summed E-state index contributed by atoms with van der Waals surface area (Å²) in [5.74, 6) is 0.472. The summed E-state index contributed by atoms with van der Waals surface area (Å²) in [5.41, 5.74) is 0.864. The van der Waals surface area contributed by atoms with E-state index in [2.05, 4.69) is 9.80 Å². The third kappa shape index (κ3) is 2.41. The Hall–Kier alpha value is -2.21. The van der Waals surface area contributed by atoms with E-state index < -0.39 is 6.04 Å². The molecular formula is C23H27N3O3. The fourth-order valence-corrected chi connectivity index (χ4v) is 6.99. The summed E-state index contributed by atoms with van der Waals surface area (Å²) in [6, 6.07) is 7.19. The van der Waals surface area contributed by atoms with Gasteiger partial charge in [-0.05, 0) is 75.6 Å². The minimum atomic E-state index is -0.640. The van der Waals surface area contributed by atoms with Crippen molar-refractivity contribution in [1.82, 2.24) is 14.7 Å². The average molecular weight is 393 g/mol. The van der Waals surface area contributed by atoms with Crippen molar-refractivity contribution in [2.45, 2.75) is 56.7 Å². The fraction of sp³-hybridized carbons (Fsp3) is 0.609. The standard InChI is InChI=1S/C23H27N3O3/c27-21-15-6-1-2-7-16(15)22(28)26(21)19-10-9-18-17-8-4-12-24-11-3-5-14(20(17)24)13-25(18)23(19)29/h1-2,6-7,14,17-20H,3-5,8-13H2/t14-,17-,18-,19?,20+/m1/s1. The van der Waals surface area contributed by atoms with Crippen LogP contribution in [0.3, 0.4) is 0 Å². The second-order valence-corrected chi connectivity index (χ2v) is 9.41. The predicted molar refractivity (Wildman–Crippen MR) is 106 cm³/mol. The van der Waals surface area contributed by atoms with Crippen LogP contribution in [0, 0.1) is 11.8 Å². The molecule has 3 amide bonds. The first kappa shape index (κ1) is 17.6. The normalized spacial score (nSPS) is 36.7. The van der Waals surface area contributed by atoms with Crippen LogP contribution >= 0.6 is 0 Å². The molecule has 0 bridgehead atoms. The highest BCUT2D eigenvalue weighted by molar-refractivity contribution is 6.22. The Balaban J connectivity index is 1.29. The van der Waals surface area contributed by atoms with Crippen molar-refractivity contribution in [1.29, 1.82) is 0 Å². The van der Waals surface area contributed by atoms with E-state index in [4.69, 9.17) is 0 Å². The average Bonchev–Trinajstić information content (AvgIpc) is 3.00. The molecule has 1 aromatic carbocycles. The van der Waals surface area contributed by atoms with Crippen LogP contribution in [0.2, 0.25) is 0 Å². The van der Waals surface area contributed by atoms with Crippen molar-refractivity contribution in [3.63, 3.8) is 0 Å². The number of carbonyl (C=O) groups excluding carboxylic acids is 3. The van der Waals surface area contributed by atoms with Crippen molar-refractivity contribution in [2.75, 3.05) is 19.6 Å². The highest BCUT2D eigenvalue weighted by Crippen LogP contribution is 2.45. The maximum Gasteiger partial charge on any atom is 0.262 e. The molecule has 0 saturated carbocycles. The fourth-order valence-electron chi connectivity index (χ4n) is 6.99. The lowest BCUT2D eigenvalue weighted by Gasteiger charge is -2.59. The lowest BCUT2D eigenvalue weighted by molar-refractivity contribution is -0.156. The molecule has 4 fully saturated rings. The summed E-state index contributed by atoms with van der Waals surface area (Å²) < 4.78 is 0. The number of imide groups is 1. The van der Waals surface area contributed by atoms with Gasteiger partial charge in [-0.2, -0.15) is 0 Å². The molecule has 152 valence electrons. The van der Waals surface area contributed by atoms with Crippen molar-refractivity contribution in [3.8, 4) is 0 Å². The van der Waals surface area contributed by atoms with E-state index in [1.807, 2.05) is 0 Å². The summed E-state index contributed by atoms with van der Waals surface area (Å²) in [5, 5.41) is 0. The third-order valence-electron chi connectivity index (χ3n) is 8.11. The van der Waals surface area contributed by atoms with Gasteiger partial charge in [0.2, 0.25) is 5.91 Å². The molecule has 1 aromatic rings. The van der Waals surface area contributed by atoms with Crippen LogP contribution in [0.1, 0.15) is 59.2 Å². The predicted octanol–water partition coefficient (Wildman–Crippen LogP) is 2.15. The molecule has 0 aromatic heterocycles. The largest absolute Gasteiger partial charge is 0.337 e. The number of carbonyl (C=O) groups is 3. The molecule has 5 aliphatic heterocycles. The lowest BCUT2D eigenvalue weighted by atomic mass is 9.67. The zero-order chi connectivity index (χ0) is 19.7. The van der Waals surface area contributed by atoms with Crippen molar-refractivity contribution >= 4 is 17.7 Å². The number of piperidine rings is 4. The topological polar surface area (TPSA) is 60.9 Å². The Morgan fingerprint density at radius 1 is 0.828 bits per heavy atom. The second-order valence-electron chi connectivity index (χ2n) is 9.41. The number of rotatable bonds is 1. The molecule has 6 heteroatoms. The van der Waals surface area contributed by atoms with Gasteiger partial charge in [0, 0.05) is 18.6 Å². The third-order valence-corrected chi connectivity index (χ3v) is 8.11. The van der Waals surface area contributed by atoms with E-state index in [0.29, 0.717) is 35.4 Å². The number of benzene rings is 1. The Labute approximate surface area is 170 Å². The van der Waals surface area contributed by atoms with Gasteiger partial charge in [0.25, 0.3) is 11.8 Å². The Morgan fingerprint density at radius 2 is 1.52 bits per heavy atom. The number of nitrogens with zero attached hydrogens (tertiary/aromatic N) is 3. The number of amides is 3. The molecule has 4 saturated heterocycles. The van der Waals surface area contributed by atoms with Gasteiger partial charge in [0.1, 0.15) is 6.04 Å². The van der Waals surface area contributed by atoms with Gasteiger partial charge in [0.15, 0.2) is 0 Å². The van der Waals surface area contributed by atoms with E-state index in [0.717, 1.165) is 13.0 Å². The summed E-state index contributed by atoms with van der Waals surface area (Å²) >= 11 is 0. The molecule has 6 nitrogen and oxygen atoms in total. The van der Waals surface area contributed by atoms with Gasteiger partial charge in [-0.15, -0.1) is 0 Å². The number of fused-ring (bicyclic) bond motifs is 3. The van der Waals surface area contributed by atoms with Gasteiger partial charge in [-0.3, -0.25) is 24.2 Å². The zero-order valence-corrected chi connectivity index (χ0v) is 16.6. The van der Waals surface area contributed by atoms with E-state index in [1.165, 1.54) is 43.7 Å². The first-order valence-electron chi connectivity index (χ1n) is 11.2. The summed E-state index contributed by atoms with van der Waals surface area (Å²) in [6.45, 7) is 3.20. The van der Waals surface area contributed by atoms with Crippen LogP contribution in [0.5, 0.6) is 0 Å². The maximum absolute atomic E-state index is 13.6. The molecule has 5 aliphatic rings. The Bertz CT molecular complexity index is 862. The maximum atomic E-state index is 13.6. The van der Waals surface area contributed by atoms with Crippen molar-refractivity contribution in [3.05, 3.63) is 35.4 Å². The highest BCUT2D eigenvalue weighted by Gasteiger charge is 2.54. The molecule has 0 radical (unpaired) electrons. The van der Waals surface area contributed by atoms with E-state index in [1.54, 1.807) is 24.3 Å². The minimum absolute atomic E-state index is 0.00287. The Morgan fingerprint density at radius 3 is 2.24 bits per heavy atom. The van der Waals surface area contributed by atoms with Gasteiger partial charge in [-0.1, -0.05) is 12.1 Å². The van der Waals surface area contributed by atoms with Gasteiger partial charge >= 0.3 is 0 Å². The molecule has 5 heterocycles. The van der Waals surface area contributed by atoms with Crippen molar-refractivity contribution in [2.24, 2.45) is 11.8 Å². The molecule has 5 atom stereocenters. The molecule has 0 N–H and O–H groups in total. The van der Waals surface area contributed by atoms with Gasteiger partial charge in [-0.25, -0.2) is 0 Å². The van der Waals surface area contributed by atoms with Crippen LogP contribution in [0.25, 0.3) is 0 Å². The minimum Gasteiger partial charge on any atom is -0.337 e. The van der Waals surface area contributed by atoms with E-state index in [9.17, 15) is 14.4 Å². The first-order valence-corrected chi connectivity index (χ1v) is 11.2. The molecule has 6 rings (SSSR count). The molecule has 1 unspecified atom stereocenters. The first-order chi connectivity index (χ1) is 14.1. The zero-order valence-electron chi connectivity index (χ0n) is 16.6. The molecule has 0 spiro atoms. The molecule has 29 heavy (non-hydrogen) atoms. The smallest absolute Gasteiger partial charge is 0.262 e. The van der Waals surface area contributed by atoms with E-state index in [-0.39, 0.29) is 23.8 Å². The lowest BCUT2D eigenvalue weighted by Crippen LogP contribution is -2.69. The van der Waals surface area contributed by atoms with Crippen molar-refractivity contribution < 1.29 is 14.4 Å². The van der Waals surface area contributed by atoms with Crippen LogP contribution in [-0.4, -0.2) is 70.2 Å². The van der Waals surface area contributed by atoms with Gasteiger partial charge < -0.3 is 4.90 Å². The number of hydrogen-bond donors (Lipinski definition) is 0. The highest BCUT2D eigenvalue weighted by atomic mass is 16.2. The summed E-state index contributed by atoms with van der Waals surface area (Å²) in [6.07, 6.45) is 6.30.